The Balaban J connectivity index is 1.62. The molecule has 0 bridgehead atoms. The number of rotatable bonds is 8. The van der Waals surface area contributed by atoms with Crippen molar-refractivity contribution in [3.8, 4) is 5.75 Å². The number of carbonyl (C=O) groups excluding carboxylic acids is 1. The number of carbonyl (C=O) groups is 2. The second-order valence-corrected chi connectivity index (χ2v) is 7.98. The number of aromatic carboxylic acids is 1. The summed E-state index contributed by atoms with van der Waals surface area (Å²) in [6.07, 6.45) is 0. The summed E-state index contributed by atoms with van der Waals surface area (Å²) in [6, 6.07) is 28.9. The molecule has 0 aliphatic rings. The zero-order chi connectivity index (χ0) is 23.9. The first-order valence-electron chi connectivity index (χ1n) is 10.5. The molecule has 4 aromatic carbocycles. The zero-order valence-corrected chi connectivity index (χ0v) is 19.0. The highest BCUT2D eigenvalue weighted by Crippen LogP contribution is 2.28. The van der Waals surface area contributed by atoms with Gasteiger partial charge in [-0.15, -0.1) is 12.6 Å². The number of thiol groups is 1. The number of para-hydroxylation sites is 1. The first kappa shape index (κ1) is 22.9. The van der Waals surface area contributed by atoms with E-state index in [9.17, 15) is 14.7 Å². The minimum Gasteiger partial charge on any atom is -0.489 e. The molecule has 0 spiro atoms. The fourth-order valence-electron chi connectivity index (χ4n) is 3.34. The van der Waals surface area contributed by atoms with E-state index in [1.165, 1.54) is 12.1 Å². The van der Waals surface area contributed by atoms with Gasteiger partial charge in [0.05, 0.1) is 22.5 Å². The van der Waals surface area contributed by atoms with Crippen LogP contribution in [-0.4, -0.2) is 17.0 Å². The maximum Gasteiger partial charge on any atom is 0.337 e. The average molecular weight is 471 g/mol. The van der Waals surface area contributed by atoms with Gasteiger partial charge in [0.1, 0.15) is 12.4 Å². The largest absolute Gasteiger partial charge is 0.489 e. The summed E-state index contributed by atoms with van der Waals surface area (Å²) in [7, 11) is 0. The van der Waals surface area contributed by atoms with Gasteiger partial charge in [-0.1, -0.05) is 48.5 Å². The fourth-order valence-corrected chi connectivity index (χ4v) is 3.54. The van der Waals surface area contributed by atoms with Crippen LogP contribution in [0.5, 0.6) is 5.75 Å². The minimum atomic E-state index is -1.15. The second-order valence-electron chi connectivity index (χ2n) is 7.46. The van der Waals surface area contributed by atoms with Crippen LogP contribution in [0.3, 0.4) is 0 Å². The smallest absolute Gasteiger partial charge is 0.337 e. The molecule has 0 atom stereocenters. The van der Waals surface area contributed by atoms with Crippen LogP contribution in [0.1, 0.15) is 26.3 Å². The van der Waals surface area contributed by atoms with E-state index in [0.717, 1.165) is 11.3 Å². The van der Waals surface area contributed by atoms with E-state index >= 15 is 0 Å². The van der Waals surface area contributed by atoms with E-state index in [2.05, 4.69) is 23.3 Å². The molecule has 4 rings (SSSR count). The molecular formula is C27H22N2O4S. The van der Waals surface area contributed by atoms with Crippen LogP contribution in [-0.2, 0) is 6.61 Å². The van der Waals surface area contributed by atoms with Crippen molar-refractivity contribution in [3.05, 3.63) is 114 Å². The molecule has 7 heteroatoms. The minimum absolute atomic E-state index is 0.0405. The molecule has 0 aliphatic carbocycles. The summed E-state index contributed by atoms with van der Waals surface area (Å²) < 4.78 is 5.93. The third-order valence-electron chi connectivity index (χ3n) is 5.02. The van der Waals surface area contributed by atoms with Gasteiger partial charge in [-0.25, -0.2) is 4.79 Å². The molecule has 3 N–H and O–H groups in total. The number of benzene rings is 4. The van der Waals surface area contributed by atoms with Gasteiger partial charge in [-0.05, 0) is 48.0 Å². The van der Waals surface area contributed by atoms with Crippen molar-refractivity contribution in [1.82, 2.24) is 0 Å². The van der Waals surface area contributed by atoms with Crippen molar-refractivity contribution in [1.29, 1.82) is 0 Å². The Kier molecular flexibility index (Phi) is 7.15. The molecule has 1 amide bonds. The Bertz CT molecular complexity index is 1310. The van der Waals surface area contributed by atoms with Gasteiger partial charge < -0.3 is 20.5 Å². The van der Waals surface area contributed by atoms with E-state index in [1.807, 2.05) is 60.7 Å². The molecule has 0 fully saturated rings. The summed E-state index contributed by atoms with van der Waals surface area (Å²) in [5.74, 6) is -1.02. The number of hydrogen-bond donors (Lipinski definition) is 4. The maximum absolute atomic E-state index is 13.2. The van der Waals surface area contributed by atoms with Crippen molar-refractivity contribution in [2.24, 2.45) is 0 Å². The van der Waals surface area contributed by atoms with Gasteiger partial charge in [0.2, 0.25) is 0 Å². The topological polar surface area (TPSA) is 87.7 Å². The van der Waals surface area contributed by atoms with E-state index in [0.29, 0.717) is 28.5 Å². The van der Waals surface area contributed by atoms with Gasteiger partial charge in [0, 0.05) is 16.6 Å². The lowest BCUT2D eigenvalue weighted by atomic mass is 10.1. The third kappa shape index (κ3) is 5.76. The van der Waals surface area contributed by atoms with Crippen LogP contribution in [0.25, 0.3) is 0 Å². The highest BCUT2D eigenvalue weighted by molar-refractivity contribution is 7.80. The molecule has 0 aliphatic heterocycles. The molecule has 0 radical (unpaired) electrons. The van der Waals surface area contributed by atoms with Crippen LogP contribution in [0.15, 0.2) is 102 Å². The Labute approximate surface area is 202 Å². The van der Waals surface area contributed by atoms with E-state index < -0.39 is 11.9 Å². The van der Waals surface area contributed by atoms with Crippen LogP contribution in [0.2, 0.25) is 0 Å². The van der Waals surface area contributed by atoms with Crippen molar-refractivity contribution >= 4 is 41.6 Å². The summed E-state index contributed by atoms with van der Waals surface area (Å²) in [4.78, 5) is 25.3. The first-order valence-corrected chi connectivity index (χ1v) is 10.9. The van der Waals surface area contributed by atoms with Gasteiger partial charge in [0.15, 0.2) is 0 Å². The summed E-state index contributed by atoms with van der Waals surface area (Å²) in [6.45, 7) is 0.384. The zero-order valence-electron chi connectivity index (χ0n) is 18.1. The Morgan fingerprint density at radius 1 is 0.794 bits per heavy atom. The molecular weight excluding hydrogens is 448 g/mol. The first-order chi connectivity index (χ1) is 16.5. The Hall–Kier alpha value is -4.23. The lowest BCUT2D eigenvalue weighted by Gasteiger charge is -2.16. The molecule has 0 unspecified atom stereocenters. The van der Waals surface area contributed by atoms with Crippen molar-refractivity contribution in [2.75, 3.05) is 10.6 Å². The Morgan fingerprint density at radius 2 is 1.50 bits per heavy atom. The SMILES string of the molecule is O=C(O)c1cc(S)ccc1NC(=O)c1ccc(OCc2ccccc2)cc1Nc1ccccc1. The summed E-state index contributed by atoms with van der Waals surface area (Å²) in [5, 5.41) is 15.5. The van der Waals surface area contributed by atoms with E-state index in [1.54, 1.807) is 24.3 Å². The summed E-state index contributed by atoms with van der Waals surface area (Å²) >= 11 is 4.19. The Morgan fingerprint density at radius 3 is 2.21 bits per heavy atom. The quantitative estimate of drug-likeness (QED) is 0.229. The third-order valence-corrected chi connectivity index (χ3v) is 5.30. The average Bonchev–Trinajstić information content (AvgIpc) is 2.85. The van der Waals surface area contributed by atoms with Gasteiger partial charge in [0.25, 0.3) is 5.91 Å². The molecule has 170 valence electrons. The standard InChI is InChI=1S/C27H22N2O4S/c30-26(29-24-14-12-21(34)16-23(24)27(31)32)22-13-11-20(33-17-18-7-3-1-4-8-18)15-25(22)28-19-9-5-2-6-10-19/h1-16,28,34H,17H2,(H,29,30)(H,31,32). The van der Waals surface area contributed by atoms with E-state index in [4.69, 9.17) is 4.74 Å². The number of anilines is 3. The number of ether oxygens (including phenoxy) is 1. The fraction of sp³-hybridized carbons (Fsp3) is 0.0370. The molecule has 0 aromatic heterocycles. The lowest BCUT2D eigenvalue weighted by molar-refractivity contribution is 0.0697. The number of carboxylic acid groups (broad SMARTS) is 1. The van der Waals surface area contributed by atoms with Crippen molar-refractivity contribution < 1.29 is 19.4 Å². The van der Waals surface area contributed by atoms with Gasteiger partial charge in [-0.2, -0.15) is 0 Å². The van der Waals surface area contributed by atoms with Crippen molar-refractivity contribution in [2.45, 2.75) is 11.5 Å². The van der Waals surface area contributed by atoms with Crippen LogP contribution in [0.4, 0.5) is 17.1 Å². The maximum atomic E-state index is 13.2. The number of nitrogens with one attached hydrogen (secondary N) is 2. The highest BCUT2D eigenvalue weighted by Gasteiger charge is 2.17. The molecule has 0 saturated carbocycles. The molecule has 6 nitrogen and oxygen atoms in total. The van der Waals surface area contributed by atoms with Crippen LogP contribution < -0.4 is 15.4 Å². The van der Waals surface area contributed by atoms with Crippen LogP contribution in [0, 0.1) is 0 Å². The predicted octanol–water partition coefficient (Wildman–Crippen LogP) is 6.25. The van der Waals surface area contributed by atoms with Gasteiger partial charge >= 0.3 is 5.97 Å². The number of amides is 1. The second kappa shape index (κ2) is 10.6. The van der Waals surface area contributed by atoms with Crippen molar-refractivity contribution in [3.63, 3.8) is 0 Å². The molecule has 34 heavy (non-hydrogen) atoms. The molecule has 0 saturated heterocycles. The normalized spacial score (nSPS) is 10.4. The summed E-state index contributed by atoms with van der Waals surface area (Å²) in [5.41, 5.74) is 2.82. The molecule has 0 heterocycles. The number of hydrogen-bond acceptors (Lipinski definition) is 5. The van der Waals surface area contributed by atoms with E-state index in [-0.39, 0.29) is 11.3 Å². The predicted molar refractivity (Wildman–Crippen MR) is 136 cm³/mol. The lowest BCUT2D eigenvalue weighted by Crippen LogP contribution is -2.16. The monoisotopic (exact) mass is 470 g/mol. The van der Waals surface area contributed by atoms with Gasteiger partial charge in [-0.3, -0.25) is 4.79 Å². The molecule has 4 aromatic rings. The number of carboxylic acids is 1. The van der Waals surface area contributed by atoms with Crippen LogP contribution >= 0.6 is 12.6 Å². The highest BCUT2D eigenvalue weighted by atomic mass is 32.1.